The molecule has 1 aliphatic rings. The number of aryl methyl sites for hydroxylation is 2. The van der Waals surface area contributed by atoms with Gasteiger partial charge < -0.3 is 4.57 Å². The summed E-state index contributed by atoms with van der Waals surface area (Å²) in [7, 11) is 0. The molecular formula is C14H17NS. The number of fused-ring (bicyclic) bond motifs is 3. The summed E-state index contributed by atoms with van der Waals surface area (Å²) in [4.78, 5) is 0. The predicted octanol–water partition coefficient (Wildman–Crippen LogP) is 3.49. The lowest BCUT2D eigenvalue weighted by atomic mass is 10.1. The second-order valence-corrected chi connectivity index (χ2v) is 5.52. The second-order valence-electron chi connectivity index (χ2n) is 4.30. The Kier molecular flexibility index (Phi) is 2.68. The maximum atomic E-state index is 2.51. The Morgan fingerprint density at radius 3 is 2.88 bits per heavy atom. The van der Waals surface area contributed by atoms with Crippen LogP contribution in [0.1, 0.15) is 18.2 Å². The van der Waals surface area contributed by atoms with E-state index < -0.39 is 0 Å². The molecule has 0 spiro atoms. The number of nitrogens with zero attached hydrogens (tertiary/aromatic N) is 1. The maximum Gasteiger partial charge on any atom is 0.0485 e. The predicted molar refractivity (Wildman–Crippen MR) is 72.3 cm³/mol. The highest BCUT2D eigenvalue weighted by Gasteiger charge is 2.17. The normalized spacial score (nSPS) is 16.1. The molecule has 1 nitrogen and oxygen atoms in total. The van der Waals surface area contributed by atoms with Gasteiger partial charge in [0.15, 0.2) is 0 Å². The van der Waals surface area contributed by atoms with Crippen LogP contribution in [0.3, 0.4) is 0 Å². The van der Waals surface area contributed by atoms with E-state index in [4.69, 9.17) is 0 Å². The summed E-state index contributed by atoms with van der Waals surface area (Å²) in [6.07, 6.45) is 2.48. The zero-order valence-corrected chi connectivity index (χ0v) is 10.5. The average molecular weight is 231 g/mol. The molecule has 2 heterocycles. The molecule has 0 saturated carbocycles. The molecule has 2 aromatic rings. The third kappa shape index (κ3) is 1.47. The van der Waals surface area contributed by atoms with Crippen molar-refractivity contribution in [2.75, 3.05) is 11.5 Å². The highest BCUT2D eigenvalue weighted by Crippen LogP contribution is 2.30. The number of aromatic nitrogens is 1. The molecule has 0 radical (unpaired) electrons. The van der Waals surface area contributed by atoms with Crippen LogP contribution in [0.2, 0.25) is 0 Å². The first-order valence-electron chi connectivity index (χ1n) is 6.08. The number of hydrogen-bond donors (Lipinski definition) is 0. The molecular weight excluding hydrogens is 214 g/mol. The Bertz CT molecular complexity index is 513. The lowest BCUT2D eigenvalue weighted by Gasteiger charge is -2.07. The standard InChI is InChI=1S/C14H17NS/c1-2-15-13-6-4-3-5-11(13)12-7-9-16-10-8-14(12)15/h3-6H,2,7-10H2,1H3. The molecule has 0 bridgehead atoms. The summed E-state index contributed by atoms with van der Waals surface area (Å²) in [5, 5.41) is 1.49. The number of benzene rings is 1. The van der Waals surface area contributed by atoms with E-state index in [0.29, 0.717) is 0 Å². The van der Waals surface area contributed by atoms with Gasteiger partial charge in [-0.05, 0) is 42.9 Å². The number of rotatable bonds is 1. The molecule has 0 unspecified atom stereocenters. The van der Waals surface area contributed by atoms with E-state index in [2.05, 4.69) is 47.5 Å². The quantitative estimate of drug-likeness (QED) is 0.727. The van der Waals surface area contributed by atoms with Crippen LogP contribution in [-0.4, -0.2) is 16.1 Å². The van der Waals surface area contributed by atoms with E-state index in [1.807, 2.05) is 0 Å². The molecule has 0 atom stereocenters. The second kappa shape index (κ2) is 4.17. The van der Waals surface area contributed by atoms with Crippen molar-refractivity contribution in [1.29, 1.82) is 0 Å². The van der Waals surface area contributed by atoms with Gasteiger partial charge in [-0.15, -0.1) is 0 Å². The van der Waals surface area contributed by atoms with E-state index in [1.54, 1.807) is 11.3 Å². The fourth-order valence-electron chi connectivity index (χ4n) is 2.80. The first kappa shape index (κ1) is 10.3. The van der Waals surface area contributed by atoms with Gasteiger partial charge in [-0.1, -0.05) is 18.2 Å². The minimum Gasteiger partial charge on any atom is -0.345 e. The molecule has 84 valence electrons. The number of para-hydroxylation sites is 1. The van der Waals surface area contributed by atoms with Crippen LogP contribution in [0.5, 0.6) is 0 Å². The fraction of sp³-hybridized carbons (Fsp3) is 0.429. The molecule has 3 rings (SSSR count). The third-order valence-electron chi connectivity index (χ3n) is 3.49. The minimum atomic E-state index is 1.10. The van der Waals surface area contributed by atoms with Gasteiger partial charge in [0, 0.05) is 23.1 Å². The number of hydrogen-bond acceptors (Lipinski definition) is 1. The summed E-state index contributed by atoms with van der Waals surface area (Å²) >= 11 is 2.09. The van der Waals surface area contributed by atoms with Gasteiger partial charge in [-0.2, -0.15) is 11.8 Å². The molecule has 0 saturated heterocycles. The van der Waals surface area contributed by atoms with Gasteiger partial charge in [0.2, 0.25) is 0 Å². The van der Waals surface area contributed by atoms with Crippen molar-refractivity contribution in [3.05, 3.63) is 35.5 Å². The van der Waals surface area contributed by atoms with Crippen molar-refractivity contribution in [2.45, 2.75) is 26.3 Å². The molecule has 16 heavy (non-hydrogen) atoms. The molecule has 1 aromatic carbocycles. The van der Waals surface area contributed by atoms with Gasteiger partial charge in [-0.25, -0.2) is 0 Å². The number of thioether (sulfide) groups is 1. The Balaban J connectivity index is 2.31. The summed E-state index contributed by atoms with van der Waals surface area (Å²) in [6.45, 7) is 3.35. The first-order valence-corrected chi connectivity index (χ1v) is 7.24. The molecule has 0 aliphatic carbocycles. The van der Waals surface area contributed by atoms with Gasteiger partial charge >= 0.3 is 0 Å². The molecule has 0 amide bonds. The van der Waals surface area contributed by atoms with Gasteiger partial charge in [-0.3, -0.25) is 0 Å². The lowest BCUT2D eigenvalue weighted by molar-refractivity contribution is 0.742. The Morgan fingerprint density at radius 1 is 1.19 bits per heavy atom. The van der Waals surface area contributed by atoms with Gasteiger partial charge in [0.25, 0.3) is 0 Å². The van der Waals surface area contributed by atoms with Crippen molar-refractivity contribution >= 4 is 22.7 Å². The molecule has 0 fully saturated rings. The summed E-state index contributed by atoms with van der Waals surface area (Å²) < 4.78 is 2.51. The topological polar surface area (TPSA) is 4.93 Å². The van der Waals surface area contributed by atoms with Crippen molar-refractivity contribution in [2.24, 2.45) is 0 Å². The zero-order valence-electron chi connectivity index (χ0n) is 9.70. The van der Waals surface area contributed by atoms with Crippen LogP contribution < -0.4 is 0 Å². The monoisotopic (exact) mass is 231 g/mol. The van der Waals surface area contributed by atoms with Crippen LogP contribution in [0.15, 0.2) is 24.3 Å². The van der Waals surface area contributed by atoms with Crippen molar-refractivity contribution in [3.8, 4) is 0 Å². The Morgan fingerprint density at radius 2 is 2.00 bits per heavy atom. The zero-order chi connectivity index (χ0) is 11.0. The molecule has 1 aromatic heterocycles. The summed E-state index contributed by atoms with van der Waals surface area (Å²) in [5.74, 6) is 2.56. The van der Waals surface area contributed by atoms with Crippen LogP contribution in [0.25, 0.3) is 10.9 Å². The first-order chi connectivity index (χ1) is 7.92. The molecule has 2 heteroatoms. The highest BCUT2D eigenvalue weighted by atomic mass is 32.2. The van der Waals surface area contributed by atoms with E-state index in [-0.39, 0.29) is 0 Å². The Labute approximate surface area is 101 Å². The van der Waals surface area contributed by atoms with E-state index >= 15 is 0 Å². The van der Waals surface area contributed by atoms with Crippen molar-refractivity contribution in [3.63, 3.8) is 0 Å². The Hall–Kier alpha value is -0.890. The van der Waals surface area contributed by atoms with Gasteiger partial charge in [0.1, 0.15) is 0 Å². The van der Waals surface area contributed by atoms with Crippen molar-refractivity contribution in [1.82, 2.24) is 4.57 Å². The highest BCUT2D eigenvalue weighted by molar-refractivity contribution is 7.99. The minimum absolute atomic E-state index is 1.10. The van der Waals surface area contributed by atoms with Gasteiger partial charge in [0.05, 0.1) is 0 Å². The van der Waals surface area contributed by atoms with Crippen molar-refractivity contribution < 1.29 is 0 Å². The SMILES string of the molecule is CCn1c2c(c3ccccc31)CCSCC2. The molecule has 1 aliphatic heterocycles. The van der Waals surface area contributed by atoms with E-state index in [0.717, 1.165) is 6.54 Å². The van der Waals surface area contributed by atoms with Crippen LogP contribution >= 0.6 is 11.8 Å². The van der Waals surface area contributed by atoms with E-state index in [9.17, 15) is 0 Å². The van der Waals surface area contributed by atoms with Crippen LogP contribution in [-0.2, 0) is 19.4 Å². The maximum absolute atomic E-state index is 2.51. The summed E-state index contributed by atoms with van der Waals surface area (Å²) in [5.41, 5.74) is 4.64. The average Bonchev–Trinajstić information content (AvgIpc) is 2.49. The van der Waals surface area contributed by atoms with Crippen LogP contribution in [0, 0.1) is 0 Å². The smallest absolute Gasteiger partial charge is 0.0485 e. The van der Waals surface area contributed by atoms with Crippen LogP contribution in [0.4, 0.5) is 0 Å². The summed E-state index contributed by atoms with van der Waals surface area (Å²) in [6, 6.07) is 8.88. The lowest BCUT2D eigenvalue weighted by Crippen LogP contribution is -2.02. The largest absolute Gasteiger partial charge is 0.345 e. The van der Waals surface area contributed by atoms with E-state index in [1.165, 1.54) is 35.3 Å². The molecule has 0 N–H and O–H groups in total. The third-order valence-corrected chi connectivity index (χ3v) is 4.48. The fourth-order valence-corrected chi connectivity index (χ4v) is 3.69.